The molecule has 0 spiro atoms. The van der Waals surface area contributed by atoms with E-state index in [0.717, 1.165) is 51.9 Å². The van der Waals surface area contributed by atoms with Crippen LogP contribution in [0.4, 0.5) is 0 Å². The van der Waals surface area contributed by atoms with E-state index in [2.05, 4.69) is 24.1 Å². The SMILES string of the molecule is CCN(CC)CCNCCS(=O)(=O)C1CCCCC1. The van der Waals surface area contributed by atoms with Crippen LogP contribution in [0.15, 0.2) is 0 Å². The fourth-order valence-electron chi connectivity index (χ4n) is 2.71. The van der Waals surface area contributed by atoms with Gasteiger partial charge in [-0.15, -0.1) is 0 Å². The van der Waals surface area contributed by atoms with E-state index in [1.807, 2.05) is 0 Å². The van der Waals surface area contributed by atoms with Crippen molar-refractivity contribution in [3.8, 4) is 0 Å². The van der Waals surface area contributed by atoms with Crippen molar-refractivity contribution in [1.82, 2.24) is 10.2 Å². The van der Waals surface area contributed by atoms with Crippen LogP contribution >= 0.6 is 0 Å². The molecule has 1 fully saturated rings. The molecule has 1 aliphatic rings. The van der Waals surface area contributed by atoms with E-state index < -0.39 is 9.84 Å². The van der Waals surface area contributed by atoms with Crippen molar-refractivity contribution < 1.29 is 8.42 Å². The average molecular weight is 290 g/mol. The first kappa shape index (κ1) is 16.9. The Bertz CT molecular complexity index is 320. The second-order valence-electron chi connectivity index (χ2n) is 5.40. The fourth-order valence-corrected chi connectivity index (χ4v) is 4.52. The molecule has 0 bridgehead atoms. The number of sulfone groups is 1. The van der Waals surface area contributed by atoms with Gasteiger partial charge in [0, 0.05) is 19.6 Å². The first-order chi connectivity index (χ1) is 9.10. The quantitative estimate of drug-likeness (QED) is 0.656. The Morgan fingerprint density at radius 1 is 1.05 bits per heavy atom. The predicted octanol–water partition coefficient (Wildman–Crippen LogP) is 1.67. The maximum atomic E-state index is 12.1. The lowest BCUT2D eigenvalue weighted by atomic mass is 10.0. The molecule has 0 heterocycles. The van der Waals surface area contributed by atoms with Crippen LogP contribution in [-0.2, 0) is 9.84 Å². The van der Waals surface area contributed by atoms with Crippen molar-refractivity contribution in [1.29, 1.82) is 0 Å². The molecule has 0 aromatic rings. The van der Waals surface area contributed by atoms with E-state index in [0.29, 0.717) is 12.3 Å². The molecule has 0 saturated heterocycles. The molecule has 0 aliphatic heterocycles. The zero-order chi connectivity index (χ0) is 14.1. The molecule has 114 valence electrons. The second kappa shape index (κ2) is 8.93. The van der Waals surface area contributed by atoms with Gasteiger partial charge in [-0.05, 0) is 25.9 Å². The Morgan fingerprint density at radius 3 is 2.26 bits per heavy atom. The lowest BCUT2D eigenvalue weighted by Crippen LogP contribution is -2.35. The van der Waals surface area contributed by atoms with Crippen molar-refractivity contribution in [2.45, 2.75) is 51.2 Å². The van der Waals surface area contributed by atoms with Gasteiger partial charge in [-0.3, -0.25) is 0 Å². The van der Waals surface area contributed by atoms with E-state index in [9.17, 15) is 8.42 Å². The van der Waals surface area contributed by atoms with Crippen molar-refractivity contribution in [3.05, 3.63) is 0 Å². The van der Waals surface area contributed by atoms with Gasteiger partial charge < -0.3 is 10.2 Å². The lowest BCUT2D eigenvalue weighted by molar-refractivity contribution is 0.303. The standard InChI is InChI=1S/C14H30N2O2S/c1-3-16(4-2)12-10-15-11-13-19(17,18)14-8-6-5-7-9-14/h14-15H,3-13H2,1-2H3. The normalized spacial score (nSPS) is 18.1. The third-order valence-electron chi connectivity index (χ3n) is 4.12. The zero-order valence-corrected chi connectivity index (χ0v) is 13.3. The van der Waals surface area contributed by atoms with Crippen LogP contribution in [0.5, 0.6) is 0 Å². The number of likely N-dealkylation sites (N-methyl/N-ethyl adjacent to an activating group) is 1. The number of hydrogen-bond acceptors (Lipinski definition) is 4. The Labute approximate surface area is 118 Å². The van der Waals surface area contributed by atoms with Crippen LogP contribution in [0, 0.1) is 0 Å². The monoisotopic (exact) mass is 290 g/mol. The Morgan fingerprint density at radius 2 is 1.68 bits per heavy atom. The highest BCUT2D eigenvalue weighted by atomic mass is 32.2. The molecule has 0 radical (unpaired) electrons. The summed E-state index contributed by atoms with van der Waals surface area (Å²) in [5.41, 5.74) is 0. The van der Waals surface area contributed by atoms with Gasteiger partial charge in [0.1, 0.15) is 0 Å². The molecule has 19 heavy (non-hydrogen) atoms. The van der Waals surface area contributed by atoms with E-state index in [1.165, 1.54) is 6.42 Å². The molecule has 0 aromatic carbocycles. The van der Waals surface area contributed by atoms with Crippen molar-refractivity contribution >= 4 is 9.84 Å². The van der Waals surface area contributed by atoms with E-state index in [1.54, 1.807) is 0 Å². The summed E-state index contributed by atoms with van der Waals surface area (Å²) in [7, 11) is -2.87. The highest BCUT2D eigenvalue weighted by Gasteiger charge is 2.26. The van der Waals surface area contributed by atoms with Crippen molar-refractivity contribution in [2.75, 3.05) is 38.5 Å². The molecule has 0 amide bonds. The van der Waals surface area contributed by atoms with Gasteiger partial charge in [0.2, 0.25) is 0 Å². The Kier molecular flexibility index (Phi) is 7.95. The predicted molar refractivity (Wildman–Crippen MR) is 81.3 cm³/mol. The van der Waals surface area contributed by atoms with Crippen LogP contribution in [0.2, 0.25) is 0 Å². The van der Waals surface area contributed by atoms with Crippen LogP contribution in [-0.4, -0.2) is 57.0 Å². The molecule has 1 N–H and O–H groups in total. The molecule has 5 heteroatoms. The topological polar surface area (TPSA) is 49.4 Å². The summed E-state index contributed by atoms with van der Waals surface area (Å²) in [6.45, 7) is 8.88. The molecular weight excluding hydrogens is 260 g/mol. The van der Waals surface area contributed by atoms with Gasteiger partial charge in [0.05, 0.1) is 11.0 Å². The lowest BCUT2D eigenvalue weighted by Gasteiger charge is -2.22. The van der Waals surface area contributed by atoms with E-state index >= 15 is 0 Å². The summed E-state index contributed by atoms with van der Waals surface area (Å²) in [5, 5.41) is 3.19. The third kappa shape index (κ3) is 6.23. The van der Waals surface area contributed by atoms with Gasteiger partial charge in [-0.2, -0.15) is 0 Å². The molecule has 0 aromatic heterocycles. The number of nitrogens with one attached hydrogen (secondary N) is 1. The van der Waals surface area contributed by atoms with Crippen molar-refractivity contribution in [2.24, 2.45) is 0 Å². The maximum absolute atomic E-state index is 12.1. The molecule has 0 atom stereocenters. The molecule has 0 unspecified atom stereocenters. The van der Waals surface area contributed by atoms with E-state index in [-0.39, 0.29) is 5.25 Å². The number of hydrogen-bond donors (Lipinski definition) is 1. The third-order valence-corrected chi connectivity index (χ3v) is 6.38. The second-order valence-corrected chi connectivity index (χ2v) is 7.80. The minimum atomic E-state index is -2.87. The number of nitrogens with zero attached hydrogens (tertiary/aromatic N) is 1. The molecule has 1 aliphatic carbocycles. The Balaban J connectivity index is 2.17. The Hall–Kier alpha value is -0.130. The summed E-state index contributed by atoms with van der Waals surface area (Å²) in [4.78, 5) is 2.34. The largest absolute Gasteiger partial charge is 0.314 e. The highest BCUT2D eigenvalue weighted by molar-refractivity contribution is 7.92. The summed E-state index contributed by atoms with van der Waals surface area (Å²) in [6, 6.07) is 0. The zero-order valence-electron chi connectivity index (χ0n) is 12.5. The minimum absolute atomic E-state index is 0.0640. The van der Waals surface area contributed by atoms with Crippen molar-refractivity contribution in [3.63, 3.8) is 0 Å². The average Bonchev–Trinajstić information content (AvgIpc) is 2.44. The van der Waals surface area contributed by atoms with Gasteiger partial charge in [0.25, 0.3) is 0 Å². The smallest absolute Gasteiger partial charge is 0.154 e. The van der Waals surface area contributed by atoms with Crippen LogP contribution in [0.1, 0.15) is 46.0 Å². The molecule has 1 saturated carbocycles. The first-order valence-corrected chi connectivity index (χ1v) is 9.46. The first-order valence-electron chi connectivity index (χ1n) is 7.74. The summed E-state index contributed by atoms with van der Waals surface area (Å²) >= 11 is 0. The fraction of sp³-hybridized carbons (Fsp3) is 1.00. The minimum Gasteiger partial charge on any atom is -0.314 e. The van der Waals surface area contributed by atoms with Gasteiger partial charge in [0.15, 0.2) is 9.84 Å². The summed E-state index contributed by atoms with van der Waals surface area (Å²) in [5.74, 6) is 0.302. The number of rotatable bonds is 9. The summed E-state index contributed by atoms with van der Waals surface area (Å²) in [6.07, 6.45) is 5.12. The molecule has 4 nitrogen and oxygen atoms in total. The van der Waals surface area contributed by atoms with Crippen LogP contribution < -0.4 is 5.32 Å². The van der Waals surface area contributed by atoms with Crippen LogP contribution in [0.25, 0.3) is 0 Å². The van der Waals surface area contributed by atoms with Gasteiger partial charge in [-0.25, -0.2) is 8.42 Å². The maximum Gasteiger partial charge on any atom is 0.154 e. The van der Waals surface area contributed by atoms with Crippen LogP contribution in [0.3, 0.4) is 0 Å². The highest BCUT2D eigenvalue weighted by Crippen LogP contribution is 2.23. The molecule has 1 rings (SSSR count). The van der Waals surface area contributed by atoms with Gasteiger partial charge in [-0.1, -0.05) is 33.1 Å². The van der Waals surface area contributed by atoms with E-state index in [4.69, 9.17) is 0 Å². The molecular formula is C14H30N2O2S. The summed E-state index contributed by atoms with van der Waals surface area (Å²) < 4.78 is 24.3. The van der Waals surface area contributed by atoms with Gasteiger partial charge >= 0.3 is 0 Å².